The minimum Gasteiger partial charge on any atom is -0.368 e. The molecule has 34 heavy (non-hydrogen) atoms. The van der Waals surface area contributed by atoms with Gasteiger partial charge in [-0.05, 0) is 43.5 Å². The average molecular weight is 480 g/mol. The van der Waals surface area contributed by atoms with Crippen LogP contribution in [0.3, 0.4) is 0 Å². The number of hydrogen-bond donors (Lipinski definition) is 1. The van der Waals surface area contributed by atoms with Gasteiger partial charge in [0, 0.05) is 29.9 Å². The number of carbonyl (C=O) groups is 1. The molecule has 1 unspecified atom stereocenters. The third-order valence-corrected chi connectivity index (χ3v) is 6.63. The molecular weight excluding hydrogens is 446 g/mol. The lowest BCUT2D eigenvalue weighted by molar-refractivity contribution is -0.137. The molecule has 0 radical (unpaired) electrons. The van der Waals surface area contributed by atoms with Gasteiger partial charge in [-0.1, -0.05) is 38.1 Å². The van der Waals surface area contributed by atoms with Gasteiger partial charge in [-0.25, -0.2) is 9.97 Å². The molecule has 1 aliphatic heterocycles. The lowest BCUT2D eigenvalue weighted by atomic mass is 10.1. The molecule has 0 aliphatic carbocycles. The van der Waals surface area contributed by atoms with E-state index in [1.165, 1.54) is 0 Å². The molecule has 0 saturated carbocycles. The normalized spacial score (nSPS) is 16.0. The number of para-hydroxylation sites is 1. The Morgan fingerprint density at radius 3 is 2.79 bits per heavy atom. The van der Waals surface area contributed by atoms with Crippen LogP contribution in [-0.2, 0) is 9.53 Å². The zero-order valence-corrected chi connectivity index (χ0v) is 20.9. The van der Waals surface area contributed by atoms with Crippen molar-refractivity contribution in [1.82, 2.24) is 14.9 Å². The van der Waals surface area contributed by atoms with E-state index in [2.05, 4.69) is 41.2 Å². The number of hydrogen-bond acceptors (Lipinski definition) is 7. The Morgan fingerprint density at radius 1 is 1.24 bits per heavy atom. The maximum Gasteiger partial charge on any atom is 0.242 e. The molecule has 1 aliphatic rings. The van der Waals surface area contributed by atoms with Crippen LogP contribution in [-0.4, -0.2) is 53.6 Å². The molecule has 2 aromatic heterocycles. The molecule has 1 aromatic carbocycles. The van der Waals surface area contributed by atoms with Crippen LogP contribution in [0.4, 0.5) is 16.6 Å². The van der Waals surface area contributed by atoms with Gasteiger partial charge in [0.05, 0.1) is 25.4 Å². The van der Waals surface area contributed by atoms with Crippen LogP contribution in [0, 0.1) is 12.8 Å². The number of nitrogens with zero attached hydrogens (tertiary/aromatic N) is 4. The number of pyridine rings is 1. The van der Waals surface area contributed by atoms with Crippen molar-refractivity contribution in [3.05, 3.63) is 65.3 Å². The van der Waals surface area contributed by atoms with E-state index in [-0.39, 0.29) is 12.0 Å². The second-order valence-electron chi connectivity index (χ2n) is 8.99. The third kappa shape index (κ3) is 6.55. The second-order valence-corrected chi connectivity index (χ2v) is 10.2. The summed E-state index contributed by atoms with van der Waals surface area (Å²) in [5.41, 5.74) is 1.90. The van der Waals surface area contributed by atoms with Crippen LogP contribution in [0.5, 0.6) is 0 Å². The Kier molecular flexibility index (Phi) is 8.13. The van der Waals surface area contributed by atoms with Crippen molar-refractivity contribution in [3.63, 3.8) is 0 Å². The van der Waals surface area contributed by atoms with E-state index in [4.69, 9.17) is 9.72 Å². The Hall–Kier alpha value is -2.97. The van der Waals surface area contributed by atoms with E-state index in [0.29, 0.717) is 32.2 Å². The fraction of sp³-hybridized carbons (Fsp3) is 0.423. The predicted octanol–water partition coefficient (Wildman–Crippen LogP) is 5.04. The Morgan fingerprint density at radius 2 is 2.06 bits per heavy atom. The zero-order chi connectivity index (χ0) is 23.9. The van der Waals surface area contributed by atoms with E-state index in [0.717, 1.165) is 40.2 Å². The molecule has 180 valence electrons. The molecule has 1 amide bonds. The molecular formula is C26H33N5O2S. The molecule has 8 heteroatoms. The number of anilines is 3. The highest BCUT2D eigenvalue weighted by atomic mass is 32.1. The molecule has 0 spiro atoms. The van der Waals surface area contributed by atoms with Gasteiger partial charge in [0.15, 0.2) is 5.13 Å². The third-order valence-electron chi connectivity index (χ3n) is 5.80. The summed E-state index contributed by atoms with van der Waals surface area (Å²) >= 11 is 1.59. The van der Waals surface area contributed by atoms with Crippen molar-refractivity contribution in [2.24, 2.45) is 5.92 Å². The molecule has 7 nitrogen and oxygen atoms in total. The number of thiazole rings is 1. The van der Waals surface area contributed by atoms with E-state index in [1.807, 2.05) is 54.4 Å². The average Bonchev–Trinajstić information content (AvgIpc) is 3.26. The van der Waals surface area contributed by atoms with Crippen LogP contribution in [0.2, 0.25) is 0 Å². The SMILES string of the molecule is Cc1cnc(Nc2cccc(C3CN(C(=O)CN(CCC(C)C)c4ccccc4)CCO3)n2)s1. The fourth-order valence-electron chi connectivity index (χ4n) is 3.89. The predicted molar refractivity (Wildman–Crippen MR) is 138 cm³/mol. The lowest BCUT2D eigenvalue weighted by Crippen LogP contribution is -2.47. The van der Waals surface area contributed by atoms with E-state index < -0.39 is 0 Å². The summed E-state index contributed by atoms with van der Waals surface area (Å²) in [6, 6.07) is 16.0. The number of nitrogens with one attached hydrogen (secondary N) is 1. The van der Waals surface area contributed by atoms with Crippen molar-refractivity contribution < 1.29 is 9.53 Å². The Bertz CT molecular complexity index is 1070. The summed E-state index contributed by atoms with van der Waals surface area (Å²) in [4.78, 5) is 27.6. The highest BCUT2D eigenvalue weighted by molar-refractivity contribution is 7.15. The number of morpholine rings is 1. The van der Waals surface area contributed by atoms with Crippen LogP contribution < -0.4 is 10.2 Å². The topological polar surface area (TPSA) is 70.6 Å². The number of carbonyl (C=O) groups excluding carboxylic acids is 1. The largest absolute Gasteiger partial charge is 0.368 e. The highest BCUT2D eigenvalue weighted by Gasteiger charge is 2.27. The van der Waals surface area contributed by atoms with Gasteiger partial charge in [0.1, 0.15) is 11.9 Å². The summed E-state index contributed by atoms with van der Waals surface area (Å²) in [7, 11) is 0. The number of rotatable bonds is 9. The molecule has 1 N–H and O–H groups in total. The lowest BCUT2D eigenvalue weighted by Gasteiger charge is -2.35. The van der Waals surface area contributed by atoms with Crippen molar-refractivity contribution in [1.29, 1.82) is 0 Å². The monoisotopic (exact) mass is 479 g/mol. The summed E-state index contributed by atoms with van der Waals surface area (Å²) < 4.78 is 6.01. The zero-order valence-electron chi connectivity index (χ0n) is 20.1. The first-order valence-corrected chi connectivity index (χ1v) is 12.7. The van der Waals surface area contributed by atoms with Gasteiger partial charge in [-0.3, -0.25) is 4.79 Å². The van der Waals surface area contributed by atoms with Crippen molar-refractivity contribution >= 4 is 33.9 Å². The molecule has 1 saturated heterocycles. The van der Waals surface area contributed by atoms with Gasteiger partial charge in [-0.2, -0.15) is 0 Å². The highest BCUT2D eigenvalue weighted by Crippen LogP contribution is 2.25. The smallest absolute Gasteiger partial charge is 0.242 e. The van der Waals surface area contributed by atoms with Gasteiger partial charge in [-0.15, -0.1) is 11.3 Å². The van der Waals surface area contributed by atoms with Crippen LogP contribution in [0.15, 0.2) is 54.7 Å². The summed E-state index contributed by atoms with van der Waals surface area (Å²) in [6.07, 6.45) is 2.62. The maximum atomic E-state index is 13.3. The first-order valence-electron chi connectivity index (χ1n) is 11.8. The van der Waals surface area contributed by atoms with Crippen molar-refractivity contribution in [2.75, 3.05) is 43.0 Å². The van der Waals surface area contributed by atoms with Crippen LogP contribution >= 0.6 is 11.3 Å². The maximum absolute atomic E-state index is 13.3. The molecule has 4 rings (SSSR count). The second kappa shape index (κ2) is 11.4. The first kappa shape index (κ1) is 24.2. The van der Waals surface area contributed by atoms with Crippen molar-refractivity contribution in [3.8, 4) is 0 Å². The first-order chi connectivity index (χ1) is 16.5. The van der Waals surface area contributed by atoms with Gasteiger partial charge in [0.25, 0.3) is 0 Å². The Balaban J connectivity index is 1.41. The van der Waals surface area contributed by atoms with Crippen LogP contribution in [0.1, 0.15) is 36.9 Å². The van der Waals surface area contributed by atoms with E-state index >= 15 is 0 Å². The fourth-order valence-corrected chi connectivity index (χ4v) is 4.56. The van der Waals surface area contributed by atoms with Crippen LogP contribution in [0.25, 0.3) is 0 Å². The van der Waals surface area contributed by atoms with Gasteiger partial charge in [0.2, 0.25) is 5.91 Å². The van der Waals surface area contributed by atoms with Gasteiger partial charge >= 0.3 is 0 Å². The molecule has 3 heterocycles. The van der Waals surface area contributed by atoms with Crippen molar-refractivity contribution in [2.45, 2.75) is 33.3 Å². The Labute approximate surface area is 205 Å². The number of ether oxygens (including phenoxy) is 1. The molecule has 0 bridgehead atoms. The molecule has 1 fully saturated rings. The standard InChI is InChI=1S/C26H33N5O2S/c1-19(2)12-13-30(21-8-5-4-6-9-21)18-25(32)31-14-15-33-23(17-31)22-10-7-11-24(28-22)29-26-27-16-20(3)34-26/h4-11,16,19,23H,12-15,17-18H2,1-3H3,(H,27,28,29). The minimum atomic E-state index is -0.252. The number of aromatic nitrogens is 2. The summed E-state index contributed by atoms with van der Waals surface area (Å²) in [5.74, 6) is 1.42. The number of benzene rings is 1. The molecule has 3 aromatic rings. The quantitative estimate of drug-likeness (QED) is 0.464. The minimum absolute atomic E-state index is 0.119. The molecule has 1 atom stereocenters. The van der Waals surface area contributed by atoms with E-state index in [1.54, 1.807) is 11.3 Å². The van der Waals surface area contributed by atoms with Gasteiger partial charge < -0.3 is 19.9 Å². The number of amides is 1. The van der Waals surface area contributed by atoms with E-state index in [9.17, 15) is 4.79 Å². The number of aryl methyl sites for hydroxylation is 1. The summed E-state index contributed by atoms with van der Waals surface area (Å²) in [5, 5.41) is 4.07. The summed E-state index contributed by atoms with van der Waals surface area (Å²) in [6.45, 7) is 9.26.